The molecule has 0 saturated heterocycles. The standard InChI is InChI=1S/C76H52/c1-75(2)67-41-63(49-37-19-23-45-21-5-7-25-47(45)49)53-29-11-15-33-59(53)71(67)73-61-35-17-13-31-55(61)65(43-69(73)75)57-39-40-58(52-28-10-9-27-51(52)57)66-44-70-74(62-36-18-14-32-56(62)66)72-60-34-16-12-30-54(60)64(42-68(72)76(70,3)4)50-38-20-24-46-22-6-8-26-48(46)50/h5-44H,1-4H3. The molecule has 356 valence electrons. The summed E-state index contributed by atoms with van der Waals surface area (Å²) in [6, 6.07) is 92.0. The lowest BCUT2D eigenvalue weighted by Crippen LogP contribution is -2.15. The van der Waals surface area contributed by atoms with E-state index in [0.29, 0.717) is 0 Å². The Balaban J connectivity index is 0.896. The second kappa shape index (κ2) is 15.7. The van der Waals surface area contributed by atoms with Crippen LogP contribution in [0.5, 0.6) is 0 Å². The summed E-state index contributed by atoms with van der Waals surface area (Å²) in [5, 5.41) is 18.0. The molecular formula is C76H52. The van der Waals surface area contributed by atoms with Gasteiger partial charge in [-0.3, -0.25) is 0 Å². The van der Waals surface area contributed by atoms with Gasteiger partial charge in [0.15, 0.2) is 0 Å². The molecule has 0 amide bonds. The molecule has 0 fully saturated rings. The van der Waals surface area contributed by atoms with Crippen molar-refractivity contribution in [3.05, 3.63) is 265 Å². The third-order valence-electron chi connectivity index (χ3n) is 18.0. The molecule has 0 aliphatic heterocycles. The molecule has 2 aliphatic rings. The van der Waals surface area contributed by atoms with Crippen LogP contribution in [0.15, 0.2) is 243 Å². The number of benzene rings is 14. The van der Waals surface area contributed by atoms with E-state index in [2.05, 4.69) is 270 Å². The zero-order valence-electron chi connectivity index (χ0n) is 43.1. The van der Waals surface area contributed by atoms with E-state index in [1.54, 1.807) is 0 Å². The van der Waals surface area contributed by atoms with Crippen molar-refractivity contribution in [2.75, 3.05) is 0 Å². The van der Waals surface area contributed by atoms with Crippen LogP contribution in [0.25, 0.3) is 142 Å². The molecule has 2 aliphatic carbocycles. The summed E-state index contributed by atoms with van der Waals surface area (Å²) in [6.07, 6.45) is 0. The van der Waals surface area contributed by atoms with Crippen LogP contribution in [0.4, 0.5) is 0 Å². The highest BCUT2D eigenvalue weighted by Gasteiger charge is 2.41. The van der Waals surface area contributed by atoms with Crippen molar-refractivity contribution in [1.29, 1.82) is 0 Å². The molecule has 0 heterocycles. The van der Waals surface area contributed by atoms with Crippen LogP contribution >= 0.6 is 0 Å². The summed E-state index contributed by atoms with van der Waals surface area (Å²) in [4.78, 5) is 0. The van der Waals surface area contributed by atoms with Crippen molar-refractivity contribution in [3.8, 4) is 66.8 Å². The number of hydrogen-bond donors (Lipinski definition) is 0. The van der Waals surface area contributed by atoms with Gasteiger partial charge in [0.25, 0.3) is 0 Å². The number of fused-ring (bicyclic) bond motifs is 17. The first-order valence-electron chi connectivity index (χ1n) is 27.0. The third kappa shape index (κ3) is 5.85. The average molecular weight is 965 g/mol. The summed E-state index contributed by atoms with van der Waals surface area (Å²) >= 11 is 0. The van der Waals surface area contributed by atoms with Crippen LogP contribution in [0.3, 0.4) is 0 Å². The molecule has 16 rings (SSSR count). The van der Waals surface area contributed by atoms with E-state index in [0.717, 1.165) is 0 Å². The molecule has 0 heteroatoms. The lowest BCUT2D eigenvalue weighted by molar-refractivity contribution is 0.661. The fourth-order valence-electron chi connectivity index (χ4n) is 14.4. The maximum atomic E-state index is 2.56. The van der Waals surface area contributed by atoms with Crippen molar-refractivity contribution in [2.45, 2.75) is 38.5 Å². The van der Waals surface area contributed by atoms with E-state index in [1.165, 1.54) is 164 Å². The molecule has 0 nitrogen and oxygen atoms in total. The summed E-state index contributed by atoms with van der Waals surface area (Å²) in [5.41, 5.74) is 20.7. The van der Waals surface area contributed by atoms with Gasteiger partial charge in [-0.15, -0.1) is 0 Å². The van der Waals surface area contributed by atoms with Crippen LogP contribution in [0.2, 0.25) is 0 Å². The van der Waals surface area contributed by atoms with Gasteiger partial charge in [-0.2, -0.15) is 0 Å². The lowest BCUT2D eigenvalue weighted by Gasteiger charge is -2.25. The van der Waals surface area contributed by atoms with E-state index >= 15 is 0 Å². The topological polar surface area (TPSA) is 0 Å². The highest BCUT2D eigenvalue weighted by atomic mass is 14.4. The van der Waals surface area contributed by atoms with E-state index in [-0.39, 0.29) is 10.8 Å². The van der Waals surface area contributed by atoms with Crippen molar-refractivity contribution < 1.29 is 0 Å². The Hall–Kier alpha value is -9.10. The first kappa shape index (κ1) is 43.3. The van der Waals surface area contributed by atoms with Crippen LogP contribution in [0, 0.1) is 0 Å². The van der Waals surface area contributed by atoms with E-state index < -0.39 is 0 Å². The molecule has 0 aromatic heterocycles. The summed E-state index contributed by atoms with van der Waals surface area (Å²) < 4.78 is 0. The zero-order valence-corrected chi connectivity index (χ0v) is 43.1. The van der Waals surface area contributed by atoms with Gasteiger partial charge in [0.05, 0.1) is 0 Å². The van der Waals surface area contributed by atoms with Crippen LogP contribution < -0.4 is 0 Å². The second-order valence-electron chi connectivity index (χ2n) is 22.6. The average Bonchev–Trinajstić information content (AvgIpc) is 4.09. The largest absolute Gasteiger partial charge is 0.0616 e. The molecule has 76 heavy (non-hydrogen) atoms. The van der Waals surface area contributed by atoms with Gasteiger partial charge in [0, 0.05) is 10.8 Å². The van der Waals surface area contributed by atoms with Crippen molar-refractivity contribution in [3.63, 3.8) is 0 Å². The molecule has 0 bridgehead atoms. The fraction of sp³-hybridized carbons (Fsp3) is 0.0789. The Labute approximate surface area is 443 Å². The minimum atomic E-state index is -0.267. The Bertz CT molecular complexity index is 4550. The number of hydrogen-bond acceptors (Lipinski definition) is 0. The van der Waals surface area contributed by atoms with E-state index in [1.807, 2.05) is 0 Å². The predicted molar refractivity (Wildman–Crippen MR) is 326 cm³/mol. The van der Waals surface area contributed by atoms with Gasteiger partial charge in [0.2, 0.25) is 0 Å². The molecule has 0 unspecified atom stereocenters. The molecule has 0 radical (unpaired) electrons. The number of rotatable bonds is 4. The lowest BCUT2D eigenvalue weighted by atomic mass is 9.78. The SMILES string of the molecule is CC1(C)c2cc(-c3cccc4ccccc34)c3ccccc3c2-c2c1cc(-c1ccc(-c3cc4c(c5ccccc35)-c3c(cc(-c5cccc6ccccc56)c5ccccc35)C4(C)C)c3ccccc13)c1ccccc21. The Morgan fingerprint density at radius 1 is 0.184 bits per heavy atom. The fourth-order valence-corrected chi connectivity index (χ4v) is 14.4. The van der Waals surface area contributed by atoms with Crippen molar-refractivity contribution in [2.24, 2.45) is 0 Å². The normalized spacial score (nSPS) is 14.0. The first-order valence-corrected chi connectivity index (χ1v) is 27.0. The van der Waals surface area contributed by atoms with Gasteiger partial charge in [0.1, 0.15) is 0 Å². The summed E-state index contributed by atoms with van der Waals surface area (Å²) in [5.74, 6) is 0. The van der Waals surface area contributed by atoms with Crippen molar-refractivity contribution in [1.82, 2.24) is 0 Å². The van der Waals surface area contributed by atoms with Gasteiger partial charge >= 0.3 is 0 Å². The molecule has 0 N–H and O–H groups in total. The molecule has 14 aromatic rings. The Kier molecular flexibility index (Phi) is 8.96. The van der Waals surface area contributed by atoms with Crippen LogP contribution in [0.1, 0.15) is 49.9 Å². The van der Waals surface area contributed by atoms with Crippen LogP contribution in [-0.4, -0.2) is 0 Å². The second-order valence-corrected chi connectivity index (χ2v) is 22.6. The monoisotopic (exact) mass is 964 g/mol. The van der Waals surface area contributed by atoms with Gasteiger partial charge < -0.3 is 0 Å². The minimum absolute atomic E-state index is 0.267. The van der Waals surface area contributed by atoms with Gasteiger partial charge in [-0.1, -0.05) is 246 Å². The Morgan fingerprint density at radius 3 is 0.684 bits per heavy atom. The molecule has 0 atom stereocenters. The van der Waals surface area contributed by atoms with E-state index in [9.17, 15) is 0 Å². The maximum absolute atomic E-state index is 2.56. The smallest absolute Gasteiger partial charge is 0.0159 e. The first-order chi connectivity index (χ1) is 37.3. The minimum Gasteiger partial charge on any atom is -0.0616 e. The van der Waals surface area contributed by atoms with Crippen LogP contribution in [-0.2, 0) is 10.8 Å². The predicted octanol–water partition coefficient (Wildman–Crippen LogP) is 21.0. The summed E-state index contributed by atoms with van der Waals surface area (Å²) in [7, 11) is 0. The quantitative estimate of drug-likeness (QED) is 0.165. The zero-order chi connectivity index (χ0) is 50.6. The Morgan fingerprint density at radius 2 is 0.395 bits per heavy atom. The maximum Gasteiger partial charge on any atom is 0.0159 e. The highest BCUT2D eigenvalue weighted by Crippen LogP contribution is 2.60. The molecule has 14 aromatic carbocycles. The summed E-state index contributed by atoms with van der Waals surface area (Å²) in [6.45, 7) is 9.80. The molecule has 0 saturated carbocycles. The third-order valence-corrected chi connectivity index (χ3v) is 18.0. The molecular weight excluding hydrogens is 913 g/mol. The van der Waals surface area contributed by atoms with Gasteiger partial charge in [-0.25, -0.2) is 0 Å². The molecule has 0 spiro atoms. The van der Waals surface area contributed by atoms with Gasteiger partial charge in [-0.05, 0) is 189 Å². The van der Waals surface area contributed by atoms with Crippen molar-refractivity contribution >= 4 is 75.4 Å². The highest BCUT2D eigenvalue weighted by molar-refractivity contribution is 6.22. The van der Waals surface area contributed by atoms with E-state index in [4.69, 9.17) is 0 Å².